The molecule has 3 fully saturated rings. The van der Waals surface area contributed by atoms with E-state index in [0.717, 1.165) is 16.9 Å². The average molecular weight is 662 g/mol. The monoisotopic (exact) mass is 660 g/mol. The molecule has 2 saturated heterocycles. The summed E-state index contributed by atoms with van der Waals surface area (Å²) in [6.07, 6.45) is 2.76. The smallest absolute Gasteiger partial charge is 0.254 e. The summed E-state index contributed by atoms with van der Waals surface area (Å²) in [4.78, 5) is 53.6. The summed E-state index contributed by atoms with van der Waals surface area (Å²) in [6.45, 7) is 2.02. The number of nitrogens with zero attached hydrogens (tertiary/aromatic N) is 2. The van der Waals surface area contributed by atoms with Crippen LogP contribution in [0.3, 0.4) is 0 Å². The first-order valence-corrected chi connectivity index (χ1v) is 15.2. The standard InChI is InChI=1S/C30H27BrCl2N2O6/c1-3-15-4-6-16(7-5-15)35-25(37)19-10-9-18-21(23(19)26(35)38)13-29(32)27(39)34(14-31)28(40)30(29,33)24(18)20-12-17(41-2)8-11-22(20)36/h4-9,11-12,19,21,23-24,36H,3,10,13-14H2,1-2H3/t19-,21+,23-,24+,29+,30-/m0/s1. The molecule has 214 valence electrons. The van der Waals surface area contributed by atoms with E-state index in [2.05, 4.69) is 15.9 Å². The van der Waals surface area contributed by atoms with E-state index in [1.807, 2.05) is 25.1 Å². The Hall–Kier alpha value is -2.88. The number of phenolic OH excluding ortho intramolecular Hbond substituents is 1. The third-order valence-corrected chi connectivity index (χ3v) is 11.1. The number of alkyl halides is 3. The Morgan fingerprint density at radius 1 is 1.02 bits per heavy atom. The van der Waals surface area contributed by atoms with Gasteiger partial charge in [-0.15, -0.1) is 23.2 Å². The predicted octanol–water partition coefficient (Wildman–Crippen LogP) is 4.88. The van der Waals surface area contributed by atoms with Gasteiger partial charge in [-0.3, -0.25) is 29.0 Å². The summed E-state index contributed by atoms with van der Waals surface area (Å²) in [5.41, 5.74) is 2.28. The summed E-state index contributed by atoms with van der Waals surface area (Å²) < 4.78 is 5.39. The van der Waals surface area contributed by atoms with Crippen LogP contribution in [-0.2, 0) is 25.6 Å². The van der Waals surface area contributed by atoms with Crippen molar-refractivity contribution in [3.05, 3.63) is 65.2 Å². The highest BCUT2D eigenvalue weighted by Crippen LogP contribution is 2.66. The molecule has 1 N–H and O–H groups in total. The summed E-state index contributed by atoms with van der Waals surface area (Å²) >= 11 is 17.6. The number of methoxy groups -OCH3 is 1. The molecule has 2 aromatic rings. The zero-order valence-electron chi connectivity index (χ0n) is 22.3. The van der Waals surface area contributed by atoms with Gasteiger partial charge in [0.05, 0.1) is 30.1 Å². The van der Waals surface area contributed by atoms with Gasteiger partial charge >= 0.3 is 0 Å². The molecule has 6 atom stereocenters. The SMILES string of the molecule is CCc1ccc(N2C(=O)[C@H]3[C@H](CC=C4[C@H]3C[C@@]3(Cl)C(=O)N(CBr)C(=O)[C@@]3(Cl)[C@H]4c3cc(OC)ccc3O)C2=O)cc1. The molecule has 0 radical (unpaired) electrons. The lowest BCUT2D eigenvalue weighted by Gasteiger charge is -2.50. The van der Waals surface area contributed by atoms with Gasteiger partial charge in [0, 0.05) is 11.5 Å². The molecule has 1 saturated carbocycles. The number of halogens is 3. The van der Waals surface area contributed by atoms with Crippen molar-refractivity contribution in [2.75, 3.05) is 17.5 Å². The zero-order valence-corrected chi connectivity index (χ0v) is 25.4. The quantitative estimate of drug-likeness (QED) is 0.212. The van der Waals surface area contributed by atoms with E-state index in [1.165, 1.54) is 18.1 Å². The van der Waals surface area contributed by atoms with Gasteiger partial charge in [0.15, 0.2) is 9.75 Å². The van der Waals surface area contributed by atoms with Gasteiger partial charge in [-0.1, -0.05) is 46.6 Å². The first-order chi connectivity index (χ1) is 19.5. The number of aromatic hydroxyl groups is 1. The molecule has 41 heavy (non-hydrogen) atoms. The molecule has 0 aromatic heterocycles. The second-order valence-electron chi connectivity index (χ2n) is 10.9. The highest BCUT2D eigenvalue weighted by atomic mass is 79.9. The van der Waals surface area contributed by atoms with E-state index in [-0.39, 0.29) is 41.4 Å². The molecule has 8 nitrogen and oxygen atoms in total. The molecular formula is C30H27BrCl2N2O6. The fourth-order valence-electron chi connectivity index (χ4n) is 7.12. The fraction of sp³-hybridized carbons (Fsp3) is 0.400. The van der Waals surface area contributed by atoms with E-state index < -0.39 is 45.2 Å². The van der Waals surface area contributed by atoms with Crippen molar-refractivity contribution >= 4 is 68.4 Å². The highest BCUT2D eigenvalue weighted by Gasteiger charge is 2.76. The molecule has 0 bridgehead atoms. The van der Waals surface area contributed by atoms with Gasteiger partial charge in [0.1, 0.15) is 11.5 Å². The molecule has 2 aromatic carbocycles. The fourth-order valence-corrected chi connectivity index (χ4v) is 8.54. The van der Waals surface area contributed by atoms with E-state index in [4.69, 9.17) is 27.9 Å². The van der Waals surface area contributed by atoms with Crippen LogP contribution in [-0.4, -0.2) is 55.9 Å². The normalized spacial score (nSPS) is 32.6. The second-order valence-corrected chi connectivity index (χ2v) is 12.7. The van der Waals surface area contributed by atoms with Gasteiger partial charge < -0.3 is 9.84 Å². The summed E-state index contributed by atoms with van der Waals surface area (Å²) in [6, 6.07) is 11.8. The van der Waals surface area contributed by atoms with Crippen molar-refractivity contribution in [3.8, 4) is 11.5 Å². The zero-order chi connectivity index (χ0) is 29.4. The predicted molar refractivity (Wildman–Crippen MR) is 156 cm³/mol. The van der Waals surface area contributed by atoms with Crippen LogP contribution in [0.15, 0.2) is 54.1 Å². The van der Waals surface area contributed by atoms with E-state index in [1.54, 1.807) is 24.3 Å². The molecule has 11 heteroatoms. The third-order valence-electron chi connectivity index (χ3n) is 9.16. The first-order valence-electron chi connectivity index (χ1n) is 13.4. The van der Waals surface area contributed by atoms with Gasteiger partial charge in [-0.25, -0.2) is 0 Å². The molecule has 2 aliphatic heterocycles. The molecule has 0 spiro atoms. The average Bonchev–Trinajstić information content (AvgIpc) is 3.31. The number of aryl methyl sites for hydroxylation is 1. The number of benzene rings is 2. The largest absolute Gasteiger partial charge is 0.508 e. The Labute approximate surface area is 255 Å². The lowest BCUT2D eigenvalue weighted by molar-refractivity contribution is -0.138. The lowest BCUT2D eigenvalue weighted by Crippen LogP contribution is -2.60. The molecular weight excluding hydrogens is 635 g/mol. The lowest BCUT2D eigenvalue weighted by atomic mass is 9.56. The third kappa shape index (κ3) is 3.71. The number of fused-ring (bicyclic) bond motifs is 4. The van der Waals surface area contributed by atoms with Crippen molar-refractivity contribution in [1.82, 2.24) is 4.90 Å². The second kappa shape index (κ2) is 9.85. The van der Waals surface area contributed by atoms with Crippen molar-refractivity contribution in [2.45, 2.75) is 41.9 Å². The molecule has 4 aliphatic rings. The molecule has 2 aliphatic carbocycles. The number of anilines is 1. The van der Waals surface area contributed by atoms with Crippen molar-refractivity contribution in [3.63, 3.8) is 0 Å². The number of ether oxygens (including phenoxy) is 1. The van der Waals surface area contributed by atoms with Crippen LogP contribution in [0.25, 0.3) is 0 Å². The van der Waals surface area contributed by atoms with E-state index in [9.17, 15) is 24.3 Å². The van der Waals surface area contributed by atoms with Crippen LogP contribution in [0.5, 0.6) is 11.5 Å². The number of carbonyl (C=O) groups is 4. The maximum atomic E-state index is 14.1. The minimum atomic E-state index is -2.00. The number of hydrogen-bond acceptors (Lipinski definition) is 6. The first kappa shape index (κ1) is 28.2. The molecule has 6 rings (SSSR count). The van der Waals surface area contributed by atoms with Crippen LogP contribution < -0.4 is 9.64 Å². The van der Waals surface area contributed by atoms with Gasteiger partial charge in [0.25, 0.3) is 11.8 Å². The number of carbonyl (C=O) groups excluding carboxylic acids is 4. The molecule has 0 unspecified atom stereocenters. The summed E-state index contributed by atoms with van der Waals surface area (Å²) in [7, 11) is 1.47. The van der Waals surface area contributed by atoms with Gasteiger partial charge in [-0.05, 0) is 61.1 Å². The van der Waals surface area contributed by atoms with Crippen LogP contribution in [0.1, 0.15) is 36.8 Å². The number of phenols is 1. The van der Waals surface area contributed by atoms with Crippen molar-refractivity contribution < 1.29 is 29.0 Å². The Morgan fingerprint density at radius 2 is 1.73 bits per heavy atom. The Bertz CT molecular complexity index is 1530. The highest BCUT2D eigenvalue weighted by molar-refractivity contribution is 9.09. The van der Waals surface area contributed by atoms with Crippen LogP contribution in [0.4, 0.5) is 5.69 Å². The molecule has 2 heterocycles. The topological polar surface area (TPSA) is 104 Å². The number of allylic oxidation sites excluding steroid dienone is 2. The van der Waals surface area contributed by atoms with E-state index in [0.29, 0.717) is 17.0 Å². The van der Waals surface area contributed by atoms with Crippen LogP contribution >= 0.6 is 39.1 Å². The summed E-state index contributed by atoms with van der Waals surface area (Å²) in [5, 5.41) is 11.0. The van der Waals surface area contributed by atoms with Crippen molar-refractivity contribution in [1.29, 1.82) is 0 Å². The molecule has 4 amide bonds. The van der Waals surface area contributed by atoms with Gasteiger partial charge in [0.2, 0.25) is 11.8 Å². The minimum Gasteiger partial charge on any atom is -0.508 e. The van der Waals surface area contributed by atoms with Crippen LogP contribution in [0.2, 0.25) is 0 Å². The van der Waals surface area contributed by atoms with Crippen LogP contribution in [0, 0.1) is 17.8 Å². The Kier molecular flexibility index (Phi) is 6.79. The maximum absolute atomic E-state index is 14.1. The number of hydrogen-bond donors (Lipinski definition) is 1. The number of likely N-dealkylation sites (tertiary alicyclic amines) is 1. The minimum absolute atomic E-state index is 0.123. The maximum Gasteiger partial charge on any atom is 0.254 e. The Morgan fingerprint density at radius 3 is 2.37 bits per heavy atom. The number of amides is 4. The summed E-state index contributed by atoms with van der Waals surface area (Å²) in [5.74, 6) is -5.09. The van der Waals surface area contributed by atoms with Crippen molar-refractivity contribution in [2.24, 2.45) is 17.8 Å². The Balaban J connectivity index is 1.52. The van der Waals surface area contributed by atoms with Gasteiger partial charge in [-0.2, -0.15) is 0 Å². The van der Waals surface area contributed by atoms with E-state index >= 15 is 0 Å². The number of imide groups is 2. The number of rotatable bonds is 5.